The van der Waals surface area contributed by atoms with Crippen molar-refractivity contribution in [2.75, 3.05) is 5.73 Å². The molecule has 21 heavy (non-hydrogen) atoms. The molecular formula is C15H11ClN2O2S. The Hall–Kier alpha value is -2.11. The molecule has 0 amide bonds. The molecule has 0 saturated carbocycles. The smallest absolute Gasteiger partial charge is 0.208 e. The summed E-state index contributed by atoms with van der Waals surface area (Å²) in [6, 6.07) is 12.9. The van der Waals surface area contributed by atoms with E-state index in [1.54, 1.807) is 36.4 Å². The molecule has 1 aromatic heterocycles. The third-order valence-electron chi connectivity index (χ3n) is 3.15. The zero-order chi connectivity index (χ0) is 15.0. The van der Waals surface area contributed by atoms with Gasteiger partial charge in [0, 0.05) is 16.6 Å². The highest BCUT2D eigenvalue weighted by Crippen LogP contribution is 2.26. The van der Waals surface area contributed by atoms with Crippen LogP contribution in [-0.2, 0) is 9.84 Å². The van der Waals surface area contributed by atoms with Gasteiger partial charge in [0.05, 0.1) is 21.0 Å². The van der Waals surface area contributed by atoms with Gasteiger partial charge in [0.25, 0.3) is 0 Å². The van der Waals surface area contributed by atoms with Crippen molar-refractivity contribution in [3.63, 3.8) is 0 Å². The zero-order valence-electron chi connectivity index (χ0n) is 10.8. The van der Waals surface area contributed by atoms with Gasteiger partial charge in [0.2, 0.25) is 9.84 Å². The summed E-state index contributed by atoms with van der Waals surface area (Å²) < 4.78 is 25.1. The number of rotatable bonds is 2. The van der Waals surface area contributed by atoms with Crippen molar-refractivity contribution in [3.8, 4) is 0 Å². The van der Waals surface area contributed by atoms with Crippen LogP contribution in [0, 0.1) is 0 Å². The highest BCUT2D eigenvalue weighted by atomic mass is 35.5. The Morgan fingerprint density at radius 1 is 1.00 bits per heavy atom. The van der Waals surface area contributed by atoms with E-state index in [2.05, 4.69) is 4.98 Å². The van der Waals surface area contributed by atoms with Gasteiger partial charge in [0.15, 0.2) is 0 Å². The number of nitrogen functional groups attached to an aromatic ring is 1. The van der Waals surface area contributed by atoms with Gasteiger partial charge in [-0.1, -0.05) is 23.7 Å². The SMILES string of the molecule is Nc1cccc2cc(S(=O)(=O)c3ccc(Cl)cc3)cnc12. The summed E-state index contributed by atoms with van der Waals surface area (Å²) in [6.07, 6.45) is 1.32. The van der Waals surface area contributed by atoms with Crippen LogP contribution in [0.15, 0.2) is 64.5 Å². The molecule has 2 aromatic carbocycles. The zero-order valence-corrected chi connectivity index (χ0v) is 12.4. The van der Waals surface area contributed by atoms with Gasteiger partial charge in [-0.05, 0) is 36.4 Å². The first-order valence-electron chi connectivity index (χ1n) is 6.13. The highest BCUT2D eigenvalue weighted by Gasteiger charge is 2.18. The second kappa shape index (κ2) is 5.02. The molecule has 0 saturated heterocycles. The number of aromatic nitrogens is 1. The molecule has 0 radical (unpaired) electrons. The summed E-state index contributed by atoms with van der Waals surface area (Å²) in [5.74, 6) is 0. The van der Waals surface area contributed by atoms with Crippen LogP contribution in [0.4, 0.5) is 5.69 Å². The van der Waals surface area contributed by atoms with Gasteiger partial charge in [-0.15, -0.1) is 0 Å². The molecule has 0 aliphatic carbocycles. The lowest BCUT2D eigenvalue weighted by Crippen LogP contribution is -2.03. The van der Waals surface area contributed by atoms with Gasteiger partial charge in [-0.25, -0.2) is 8.42 Å². The number of fused-ring (bicyclic) bond motifs is 1. The second-order valence-electron chi connectivity index (χ2n) is 4.55. The maximum absolute atomic E-state index is 12.6. The molecule has 6 heteroatoms. The van der Waals surface area contributed by atoms with Crippen LogP contribution in [0.3, 0.4) is 0 Å². The molecule has 0 unspecified atom stereocenters. The number of para-hydroxylation sites is 1. The van der Waals surface area contributed by atoms with Crippen molar-refractivity contribution in [1.82, 2.24) is 4.98 Å². The third kappa shape index (κ3) is 2.46. The number of pyridine rings is 1. The average Bonchev–Trinajstić information content (AvgIpc) is 2.47. The minimum absolute atomic E-state index is 0.128. The predicted octanol–water partition coefficient (Wildman–Crippen LogP) is 3.30. The molecule has 106 valence electrons. The van der Waals surface area contributed by atoms with Crippen LogP contribution in [0.1, 0.15) is 0 Å². The number of halogens is 1. The number of hydrogen-bond donors (Lipinski definition) is 1. The Morgan fingerprint density at radius 2 is 1.71 bits per heavy atom. The van der Waals surface area contributed by atoms with Crippen molar-refractivity contribution in [2.24, 2.45) is 0 Å². The van der Waals surface area contributed by atoms with Crippen LogP contribution in [0.2, 0.25) is 5.02 Å². The third-order valence-corrected chi connectivity index (χ3v) is 5.14. The number of benzene rings is 2. The van der Waals surface area contributed by atoms with Gasteiger partial charge in [0.1, 0.15) is 0 Å². The lowest BCUT2D eigenvalue weighted by molar-refractivity contribution is 0.596. The molecule has 0 fully saturated rings. The number of hydrogen-bond acceptors (Lipinski definition) is 4. The monoisotopic (exact) mass is 318 g/mol. The summed E-state index contributed by atoms with van der Waals surface area (Å²) in [7, 11) is -3.62. The Balaban J connectivity index is 2.17. The second-order valence-corrected chi connectivity index (χ2v) is 6.93. The molecule has 0 bridgehead atoms. The lowest BCUT2D eigenvalue weighted by atomic mass is 10.2. The van der Waals surface area contributed by atoms with Gasteiger partial charge in [-0.3, -0.25) is 4.98 Å². The van der Waals surface area contributed by atoms with Gasteiger partial charge >= 0.3 is 0 Å². The highest BCUT2D eigenvalue weighted by molar-refractivity contribution is 7.91. The topological polar surface area (TPSA) is 73.1 Å². The Bertz CT molecular complexity index is 922. The number of nitrogens with zero attached hydrogens (tertiary/aromatic N) is 1. The van der Waals surface area contributed by atoms with E-state index in [1.165, 1.54) is 18.3 Å². The van der Waals surface area contributed by atoms with Crippen LogP contribution < -0.4 is 5.73 Å². The molecule has 4 nitrogen and oxygen atoms in total. The van der Waals surface area contributed by atoms with Crippen LogP contribution in [0.5, 0.6) is 0 Å². The van der Waals surface area contributed by atoms with Crippen LogP contribution in [0.25, 0.3) is 10.9 Å². The number of sulfone groups is 1. The molecule has 2 N–H and O–H groups in total. The normalized spacial score (nSPS) is 11.7. The number of anilines is 1. The van der Waals surface area contributed by atoms with Gasteiger partial charge in [-0.2, -0.15) is 0 Å². The first-order chi connectivity index (χ1) is 9.98. The fourth-order valence-electron chi connectivity index (χ4n) is 2.06. The Kier molecular flexibility index (Phi) is 3.31. The van der Waals surface area contributed by atoms with E-state index in [9.17, 15) is 8.42 Å². The van der Waals surface area contributed by atoms with E-state index in [4.69, 9.17) is 17.3 Å². The van der Waals surface area contributed by atoms with Crippen LogP contribution >= 0.6 is 11.6 Å². The van der Waals surface area contributed by atoms with Crippen molar-refractivity contribution in [3.05, 3.63) is 59.8 Å². The first kappa shape index (κ1) is 13.9. The van der Waals surface area contributed by atoms with Crippen LogP contribution in [-0.4, -0.2) is 13.4 Å². The summed E-state index contributed by atoms with van der Waals surface area (Å²) in [5.41, 5.74) is 6.92. The predicted molar refractivity (Wildman–Crippen MR) is 83.1 cm³/mol. The summed E-state index contributed by atoms with van der Waals surface area (Å²) in [6.45, 7) is 0. The maximum atomic E-state index is 12.6. The Labute approximate surface area is 127 Å². The van der Waals surface area contributed by atoms with E-state index in [1.807, 2.05) is 0 Å². The van der Waals surface area contributed by atoms with Gasteiger partial charge < -0.3 is 5.73 Å². The molecule has 3 rings (SSSR count). The lowest BCUT2D eigenvalue weighted by Gasteiger charge is -2.07. The molecule has 0 atom stereocenters. The van der Waals surface area contributed by atoms with E-state index < -0.39 is 9.84 Å². The maximum Gasteiger partial charge on any atom is 0.208 e. The molecule has 0 aliphatic rings. The standard InChI is InChI=1S/C15H11ClN2O2S/c16-11-4-6-12(7-5-11)21(19,20)13-8-10-2-1-3-14(17)15(10)18-9-13/h1-9H,17H2. The molecular weight excluding hydrogens is 308 g/mol. The fraction of sp³-hybridized carbons (Fsp3) is 0. The summed E-state index contributed by atoms with van der Waals surface area (Å²) in [4.78, 5) is 4.47. The largest absolute Gasteiger partial charge is 0.397 e. The minimum atomic E-state index is -3.62. The average molecular weight is 319 g/mol. The van der Waals surface area contributed by atoms with Crippen molar-refractivity contribution >= 4 is 38.0 Å². The fourth-order valence-corrected chi connectivity index (χ4v) is 3.43. The summed E-state index contributed by atoms with van der Waals surface area (Å²) >= 11 is 5.78. The van der Waals surface area contributed by atoms with Crippen molar-refractivity contribution in [1.29, 1.82) is 0 Å². The Morgan fingerprint density at radius 3 is 2.43 bits per heavy atom. The molecule has 0 spiro atoms. The van der Waals surface area contributed by atoms with E-state index in [0.29, 0.717) is 21.6 Å². The van der Waals surface area contributed by atoms with Crippen molar-refractivity contribution < 1.29 is 8.42 Å². The van der Waals surface area contributed by atoms with E-state index in [0.717, 1.165) is 0 Å². The molecule has 1 heterocycles. The quantitative estimate of drug-likeness (QED) is 0.736. The van der Waals surface area contributed by atoms with E-state index >= 15 is 0 Å². The first-order valence-corrected chi connectivity index (χ1v) is 7.99. The van der Waals surface area contributed by atoms with E-state index in [-0.39, 0.29) is 9.79 Å². The minimum Gasteiger partial charge on any atom is -0.397 e. The summed E-state index contributed by atoms with van der Waals surface area (Å²) in [5, 5.41) is 1.17. The number of nitrogens with two attached hydrogens (primary N) is 1. The molecule has 3 aromatic rings. The molecule has 0 aliphatic heterocycles. The van der Waals surface area contributed by atoms with Crippen molar-refractivity contribution in [2.45, 2.75) is 9.79 Å².